The molecule has 0 aromatic heterocycles. The van der Waals surface area contributed by atoms with E-state index in [1.165, 1.54) is 0 Å². The number of carboxylic acid groups (broad SMARTS) is 1. The maximum Gasteiger partial charge on any atom is 0.327 e. The van der Waals surface area contributed by atoms with Gasteiger partial charge >= 0.3 is 5.97 Å². The maximum atomic E-state index is 11.5. The predicted molar refractivity (Wildman–Crippen MR) is 68.0 cm³/mol. The molecular weight excluding hydrogens is 277 g/mol. The Morgan fingerprint density at radius 1 is 1.50 bits per heavy atom. The van der Waals surface area contributed by atoms with Gasteiger partial charge in [-0.2, -0.15) is 0 Å². The van der Waals surface area contributed by atoms with Gasteiger partial charge in [0.05, 0.1) is 10.0 Å². The summed E-state index contributed by atoms with van der Waals surface area (Å²) in [5.74, 6) is -1.39. The first kappa shape index (κ1) is 13.2. The van der Waals surface area contributed by atoms with Crippen molar-refractivity contribution < 1.29 is 14.7 Å². The number of amides is 1. The summed E-state index contributed by atoms with van der Waals surface area (Å²) in [6, 6.07) is 4.01. The van der Waals surface area contributed by atoms with Gasteiger partial charge in [0.15, 0.2) is 0 Å². The minimum Gasteiger partial charge on any atom is -0.480 e. The number of hydrogen-bond donors (Lipinski definition) is 2. The van der Waals surface area contributed by atoms with E-state index in [-0.39, 0.29) is 12.3 Å². The van der Waals surface area contributed by atoms with Crippen molar-refractivity contribution in [2.24, 2.45) is 0 Å². The molecule has 1 heterocycles. The van der Waals surface area contributed by atoms with E-state index in [9.17, 15) is 14.7 Å². The zero-order chi connectivity index (χ0) is 13.5. The van der Waals surface area contributed by atoms with Crippen molar-refractivity contribution in [1.29, 1.82) is 0 Å². The molecule has 0 radical (unpaired) electrons. The summed E-state index contributed by atoms with van der Waals surface area (Å²) in [5.41, 5.74) is -0.326. The van der Waals surface area contributed by atoms with E-state index < -0.39 is 17.4 Å². The molecule has 2 rings (SSSR count). The van der Waals surface area contributed by atoms with Gasteiger partial charge in [0.1, 0.15) is 6.04 Å². The molecule has 1 aromatic rings. The molecule has 0 bridgehead atoms. The van der Waals surface area contributed by atoms with Gasteiger partial charge in [-0.3, -0.25) is 4.79 Å². The summed E-state index contributed by atoms with van der Waals surface area (Å²) in [5, 5.41) is 12.3. The fourth-order valence-corrected chi connectivity index (χ4v) is 2.85. The third-order valence-electron chi connectivity index (χ3n) is 3.28. The Balaban J connectivity index is 2.56. The molecule has 1 saturated heterocycles. The van der Waals surface area contributed by atoms with E-state index in [0.717, 1.165) is 0 Å². The number of carboxylic acids is 1. The van der Waals surface area contributed by atoms with Crippen LogP contribution in [0, 0.1) is 0 Å². The quantitative estimate of drug-likeness (QED) is 0.877. The molecule has 2 N–H and O–H groups in total. The molecule has 1 aliphatic rings. The Kier molecular flexibility index (Phi) is 3.25. The predicted octanol–water partition coefficient (Wildman–Crippen LogP) is 2.22. The van der Waals surface area contributed by atoms with E-state index in [4.69, 9.17) is 23.2 Å². The van der Waals surface area contributed by atoms with Gasteiger partial charge in [-0.25, -0.2) is 4.79 Å². The van der Waals surface area contributed by atoms with Gasteiger partial charge in [-0.1, -0.05) is 42.3 Å². The minimum atomic E-state index is -1.08. The summed E-state index contributed by atoms with van der Waals surface area (Å²) >= 11 is 12.0. The van der Waals surface area contributed by atoms with Crippen LogP contribution in [0.1, 0.15) is 18.9 Å². The Hall–Kier alpha value is -1.26. The first-order chi connectivity index (χ1) is 8.36. The van der Waals surface area contributed by atoms with Crippen LogP contribution in [0.3, 0.4) is 0 Å². The third-order valence-corrected chi connectivity index (χ3v) is 4.10. The summed E-state index contributed by atoms with van der Waals surface area (Å²) in [4.78, 5) is 22.7. The Labute approximate surface area is 114 Å². The molecule has 6 heteroatoms. The van der Waals surface area contributed by atoms with E-state index in [0.29, 0.717) is 15.6 Å². The highest BCUT2D eigenvalue weighted by Crippen LogP contribution is 2.41. The molecule has 0 spiro atoms. The molecule has 1 fully saturated rings. The molecule has 1 aromatic carbocycles. The number of carbonyl (C=O) groups excluding carboxylic acids is 1. The normalized spacial score (nSPS) is 27.1. The molecule has 2 atom stereocenters. The van der Waals surface area contributed by atoms with Crippen LogP contribution in [0.25, 0.3) is 0 Å². The van der Waals surface area contributed by atoms with Crippen LogP contribution in [0.4, 0.5) is 0 Å². The average molecular weight is 288 g/mol. The molecule has 0 saturated carbocycles. The van der Waals surface area contributed by atoms with Gasteiger partial charge in [-0.15, -0.1) is 0 Å². The van der Waals surface area contributed by atoms with Gasteiger partial charge in [0, 0.05) is 11.8 Å². The second kappa shape index (κ2) is 4.44. The lowest BCUT2D eigenvalue weighted by Gasteiger charge is -2.28. The van der Waals surface area contributed by atoms with E-state index in [2.05, 4.69) is 5.32 Å². The molecule has 1 aliphatic heterocycles. The standard InChI is InChI=1S/C12H11Cl2NO3/c1-12(5-8(16)15-10(12)11(17)18)6-3-2-4-7(13)9(6)14/h2-4,10H,5H2,1H3,(H,15,16)(H,17,18). The maximum absolute atomic E-state index is 11.5. The smallest absolute Gasteiger partial charge is 0.327 e. The summed E-state index contributed by atoms with van der Waals surface area (Å²) in [6.07, 6.45) is 0.0734. The van der Waals surface area contributed by atoms with Crippen molar-refractivity contribution in [3.05, 3.63) is 33.8 Å². The van der Waals surface area contributed by atoms with Gasteiger partial charge < -0.3 is 10.4 Å². The Bertz CT molecular complexity index is 532. The number of rotatable bonds is 2. The first-order valence-corrected chi connectivity index (χ1v) is 6.08. The number of halogens is 2. The van der Waals surface area contributed by atoms with Crippen molar-refractivity contribution in [2.45, 2.75) is 24.8 Å². The molecule has 96 valence electrons. The lowest BCUT2D eigenvalue weighted by atomic mass is 9.76. The summed E-state index contributed by atoms with van der Waals surface area (Å²) < 4.78 is 0. The van der Waals surface area contributed by atoms with E-state index in [1.54, 1.807) is 25.1 Å². The van der Waals surface area contributed by atoms with Crippen molar-refractivity contribution in [1.82, 2.24) is 5.32 Å². The number of carbonyl (C=O) groups is 2. The lowest BCUT2D eigenvalue weighted by molar-refractivity contribution is -0.141. The second-order valence-corrected chi connectivity index (χ2v) is 5.32. The molecule has 0 aliphatic carbocycles. The largest absolute Gasteiger partial charge is 0.480 e. The number of aliphatic carboxylic acids is 1. The SMILES string of the molecule is CC1(c2cccc(Cl)c2Cl)CC(=O)NC1C(=O)O. The number of benzene rings is 1. The van der Waals surface area contributed by atoms with Gasteiger partial charge in [-0.05, 0) is 11.6 Å². The van der Waals surface area contributed by atoms with Gasteiger partial charge in [0.2, 0.25) is 5.91 Å². The molecule has 2 unspecified atom stereocenters. The summed E-state index contributed by atoms with van der Waals surface area (Å²) in [7, 11) is 0. The fraction of sp³-hybridized carbons (Fsp3) is 0.333. The highest BCUT2D eigenvalue weighted by atomic mass is 35.5. The van der Waals surface area contributed by atoms with Crippen LogP contribution in [-0.2, 0) is 15.0 Å². The van der Waals surface area contributed by atoms with Crippen LogP contribution in [0.5, 0.6) is 0 Å². The lowest BCUT2D eigenvalue weighted by Crippen LogP contribution is -2.44. The Morgan fingerprint density at radius 2 is 2.17 bits per heavy atom. The Morgan fingerprint density at radius 3 is 2.78 bits per heavy atom. The fourth-order valence-electron chi connectivity index (χ4n) is 2.34. The van der Waals surface area contributed by atoms with Crippen molar-refractivity contribution in [2.75, 3.05) is 0 Å². The highest BCUT2D eigenvalue weighted by molar-refractivity contribution is 6.42. The minimum absolute atomic E-state index is 0.0734. The summed E-state index contributed by atoms with van der Waals surface area (Å²) in [6.45, 7) is 1.70. The van der Waals surface area contributed by atoms with Crippen LogP contribution >= 0.6 is 23.2 Å². The molecule has 18 heavy (non-hydrogen) atoms. The van der Waals surface area contributed by atoms with Crippen molar-refractivity contribution >= 4 is 35.1 Å². The monoisotopic (exact) mass is 287 g/mol. The van der Waals surface area contributed by atoms with E-state index in [1.807, 2.05) is 0 Å². The third kappa shape index (κ3) is 1.95. The average Bonchev–Trinajstić information content (AvgIpc) is 2.59. The van der Waals surface area contributed by atoms with Crippen LogP contribution in [-0.4, -0.2) is 23.0 Å². The first-order valence-electron chi connectivity index (χ1n) is 5.33. The molecule has 1 amide bonds. The second-order valence-electron chi connectivity index (χ2n) is 4.53. The molecule has 4 nitrogen and oxygen atoms in total. The van der Waals surface area contributed by atoms with Crippen molar-refractivity contribution in [3.8, 4) is 0 Å². The zero-order valence-corrected chi connectivity index (χ0v) is 11.0. The van der Waals surface area contributed by atoms with E-state index >= 15 is 0 Å². The number of hydrogen-bond acceptors (Lipinski definition) is 2. The zero-order valence-electron chi connectivity index (χ0n) is 9.54. The van der Waals surface area contributed by atoms with Crippen LogP contribution in [0.2, 0.25) is 10.0 Å². The van der Waals surface area contributed by atoms with Crippen molar-refractivity contribution in [3.63, 3.8) is 0 Å². The highest BCUT2D eigenvalue weighted by Gasteiger charge is 2.49. The molecular formula is C12H11Cl2NO3. The van der Waals surface area contributed by atoms with Gasteiger partial charge in [0.25, 0.3) is 0 Å². The van der Waals surface area contributed by atoms with Crippen LogP contribution in [0.15, 0.2) is 18.2 Å². The topological polar surface area (TPSA) is 66.4 Å². The van der Waals surface area contributed by atoms with Crippen LogP contribution < -0.4 is 5.32 Å². The number of nitrogens with one attached hydrogen (secondary N) is 1.